The topological polar surface area (TPSA) is 74.8 Å². The highest BCUT2D eigenvalue weighted by Crippen LogP contribution is 2.30. The summed E-state index contributed by atoms with van der Waals surface area (Å²) in [4.78, 5) is 0.552. The second kappa shape index (κ2) is 8.07. The van der Waals surface area contributed by atoms with E-state index in [1.165, 1.54) is 8.61 Å². The molecule has 164 valence electrons. The van der Waals surface area contributed by atoms with Gasteiger partial charge < -0.3 is 0 Å². The molecular formula is C22H30N2O4S2. The van der Waals surface area contributed by atoms with Crippen LogP contribution in [0.2, 0.25) is 0 Å². The lowest BCUT2D eigenvalue weighted by molar-refractivity contribution is 0.163. The monoisotopic (exact) mass is 450 g/mol. The third-order valence-electron chi connectivity index (χ3n) is 5.71. The quantitative estimate of drug-likeness (QED) is 0.716. The molecule has 1 aliphatic heterocycles. The van der Waals surface area contributed by atoms with Gasteiger partial charge in [-0.05, 0) is 64.8 Å². The number of rotatable bonds is 4. The molecule has 0 spiro atoms. The molecule has 6 nitrogen and oxygen atoms in total. The van der Waals surface area contributed by atoms with Crippen molar-refractivity contribution in [3.05, 3.63) is 58.7 Å². The molecule has 1 fully saturated rings. The van der Waals surface area contributed by atoms with Crippen LogP contribution in [0.3, 0.4) is 0 Å². The van der Waals surface area contributed by atoms with E-state index >= 15 is 0 Å². The first-order chi connectivity index (χ1) is 13.9. The Hall–Kier alpha value is -1.74. The van der Waals surface area contributed by atoms with E-state index in [0.29, 0.717) is 11.1 Å². The van der Waals surface area contributed by atoms with Crippen LogP contribution in [-0.4, -0.2) is 50.6 Å². The van der Waals surface area contributed by atoms with Crippen LogP contribution in [0.15, 0.2) is 46.2 Å². The average molecular weight is 451 g/mol. The average Bonchev–Trinajstić information content (AvgIpc) is 2.62. The summed E-state index contributed by atoms with van der Waals surface area (Å²) in [6.07, 6.45) is 0. The predicted molar refractivity (Wildman–Crippen MR) is 119 cm³/mol. The predicted octanol–water partition coefficient (Wildman–Crippen LogP) is 3.39. The molecule has 30 heavy (non-hydrogen) atoms. The molecule has 0 aliphatic carbocycles. The molecule has 0 saturated carbocycles. The number of aryl methyl sites for hydroxylation is 4. The van der Waals surface area contributed by atoms with Gasteiger partial charge in [0.25, 0.3) is 0 Å². The number of piperazine rings is 1. The zero-order valence-corrected chi connectivity index (χ0v) is 20.0. The van der Waals surface area contributed by atoms with Crippen molar-refractivity contribution < 1.29 is 16.8 Å². The molecule has 2 aromatic rings. The van der Waals surface area contributed by atoms with Gasteiger partial charge in [0.05, 0.1) is 9.79 Å². The molecule has 0 unspecified atom stereocenters. The summed E-state index contributed by atoms with van der Waals surface area (Å²) < 4.78 is 56.3. The fraction of sp³-hybridized carbons (Fsp3) is 0.455. The first-order valence-corrected chi connectivity index (χ1v) is 12.9. The van der Waals surface area contributed by atoms with E-state index in [0.717, 1.165) is 11.1 Å². The standard InChI is InChI=1S/C22H30N2O4S2/c1-15-7-9-21(17(3)11-15)29(25,26)23-13-20(6)24(14-19(23)5)30(27,28)22-10-8-16(2)12-18(22)4/h7-12,19-20H,13-14H2,1-6H3/t19-,20-/m1/s1. The van der Waals surface area contributed by atoms with Gasteiger partial charge in [0.15, 0.2) is 0 Å². The molecule has 0 amide bonds. The highest BCUT2D eigenvalue weighted by Gasteiger charge is 2.42. The molecule has 1 saturated heterocycles. The molecule has 2 atom stereocenters. The van der Waals surface area contributed by atoms with Crippen molar-refractivity contribution in [2.45, 2.75) is 63.4 Å². The maximum absolute atomic E-state index is 13.4. The molecule has 0 aromatic heterocycles. The Kier molecular flexibility index (Phi) is 6.17. The minimum absolute atomic E-state index is 0.112. The van der Waals surface area contributed by atoms with Crippen LogP contribution >= 0.6 is 0 Å². The summed E-state index contributed by atoms with van der Waals surface area (Å²) in [5, 5.41) is 0. The number of nitrogens with zero attached hydrogens (tertiary/aromatic N) is 2. The van der Waals surface area contributed by atoms with Crippen molar-refractivity contribution in [1.82, 2.24) is 8.61 Å². The maximum Gasteiger partial charge on any atom is 0.243 e. The second-order valence-electron chi connectivity index (χ2n) is 8.39. The Morgan fingerprint density at radius 2 is 1.00 bits per heavy atom. The summed E-state index contributed by atoms with van der Waals surface area (Å²) in [5.74, 6) is 0. The Bertz CT molecular complexity index is 1080. The summed E-state index contributed by atoms with van der Waals surface area (Å²) in [5.41, 5.74) is 3.38. The van der Waals surface area contributed by atoms with Gasteiger partial charge in [-0.15, -0.1) is 0 Å². The SMILES string of the molecule is Cc1ccc(S(=O)(=O)N2C[C@@H](C)N(S(=O)(=O)c3ccc(C)cc3C)C[C@H]2C)c(C)c1. The highest BCUT2D eigenvalue weighted by atomic mass is 32.2. The first-order valence-electron chi connectivity index (χ1n) is 10.0. The number of benzene rings is 2. The van der Waals surface area contributed by atoms with Crippen LogP contribution in [0.5, 0.6) is 0 Å². The van der Waals surface area contributed by atoms with E-state index in [1.807, 2.05) is 26.0 Å². The first kappa shape index (κ1) is 22.9. The number of hydrogen-bond donors (Lipinski definition) is 0. The van der Waals surface area contributed by atoms with E-state index in [9.17, 15) is 16.8 Å². The van der Waals surface area contributed by atoms with Crippen molar-refractivity contribution in [2.75, 3.05) is 13.1 Å². The zero-order chi connectivity index (χ0) is 22.4. The lowest BCUT2D eigenvalue weighted by Crippen LogP contribution is -2.59. The van der Waals surface area contributed by atoms with Crippen molar-refractivity contribution in [1.29, 1.82) is 0 Å². The molecule has 1 heterocycles. The van der Waals surface area contributed by atoms with Crippen molar-refractivity contribution >= 4 is 20.0 Å². The zero-order valence-electron chi connectivity index (χ0n) is 18.4. The normalized spacial score (nSPS) is 21.7. The van der Waals surface area contributed by atoms with Gasteiger partial charge in [-0.1, -0.05) is 35.4 Å². The van der Waals surface area contributed by atoms with E-state index in [1.54, 1.807) is 52.0 Å². The number of sulfonamides is 2. The fourth-order valence-electron chi connectivity index (χ4n) is 4.16. The van der Waals surface area contributed by atoms with Crippen molar-refractivity contribution in [2.24, 2.45) is 0 Å². The molecule has 3 rings (SSSR count). The Morgan fingerprint density at radius 1 is 0.667 bits per heavy atom. The van der Waals surface area contributed by atoms with E-state index in [-0.39, 0.29) is 22.9 Å². The third-order valence-corrected chi connectivity index (χ3v) is 9.99. The van der Waals surface area contributed by atoms with E-state index < -0.39 is 32.1 Å². The summed E-state index contributed by atoms with van der Waals surface area (Å²) in [6.45, 7) is 11.2. The van der Waals surface area contributed by atoms with Crippen molar-refractivity contribution in [3.63, 3.8) is 0 Å². The summed E-state index contributed by atoms with van der Waals surface area (Å²) >= 11 is 0. The molecule has 2 aromatic carbocycles. The van der Waals surface area contributed by atoms with Gasteiger partial charge in [-0.2, -0.15) is 8.61 Å². The smallest absolute Gasteiger partial charge is 0.207 e. The number of hydrogen-bond acceptors (Lipinski definition) is 4. The van der Waals surface area contributed by atoms with Gasteiger partial charge in [-0.25, -0.2) is 16.8 Å². The van der Waals surface area contributed by atoms with Crippen LogP contribution in [0.25, 0.3) is 0 Å². The van der Waals surface area contributed by atoms with Gasteiger partial charge >= 0.3 is 0 Å². The maximum atomic E-state index is 13.4. The van der Waals surface area contributed by atoms with Gasteiger partial charge in [0.1, 0.15) is 0 Å². The summed E-state index contributed by atoms with van der Waals surface area (Å²) in [7, 11) is -7.45. The van der Waals surface area contributed by atoms with Crippen LogP contribution in [0.1, 0.15) is 36.1 Å². The molecule has 0 radical (unpaired) electrons. The second-order valence-corrected chi connectivity index (χ2v) is 12.1. The lowest BCUT2D eigenvalue weighted by atomic mass is 10.2. The van der Waals surface area contributed by atoms with Gasteiger partial charge in [-0.3, -0.25) is 0 Å². The van der Waals surface area contributed by atoms with Gasteiger partial charge in [0.2, 0.25) is 20.0 Å². The van der Waals surface area contributed by atoms with Crippen molar-refractivity contribution in [3.8, 4) is 0 Å². The molecule has 0 bridgehead atoms. The fourth-order valence-corrected chi connectivity index (χ4v) is 7.98. The largest absolute Gasteiger partial charge is 0.243 e. The minimum Gasteiger partial charge on any atom is -0.207 e. The van der Waals surface area contributed by atoms with E-state index in [2.05, 4.69) is 0 Å². The Morgan fingerprint density at radius 3 is 1.30 bits per heavy atom. The lowest BCUT2D eigenvalue weighted by Gasteiger charge is -2.42. The van der Waals surface area contributed by atoms with Crippen LogP contribution in [0.4, 0.5) is 0 Å². The molecule has 8 heteroatoms. The Labute approximate surface area is 180 Å². The van der Waals surface area contributed by atoms with Gasteiger partial charge in [0, 0.05) is 25.2 Å². The van der Waals surface area contributed by atoms with Crippen LogP contribution in [-0.2, 0) is 20.0 Å². The Balaban J connectivity index is 1.93. The van der Waals surface area contributed by atoms with E-state index in [4.69, 9.17) is 0 Å². The third kappa shape index (κ3) is 4.06. The molecule has 0 N–H and O–H groups in total. The van der Waals surface area contributed by atoms with Crippen LogP contribution in [0, 0.1) is 27.7 Å². The summed E-state index contributed by atoms with van der Waals surface area (Å²) in [6, 6.07) is 9.58. The molecule has 1 aliphatic rings. The molecular weight excluding hydrogens is 420 g/mol. The minimum atomic E-state index is -3.73. The van der Waals surface area contributed by atoms with Crippen LogP contribution < -0.4 is 0 Å². The highest BCUT2D eigenvalue weighted by molar-refractivity contribution is 7.89.